The molecule has 0 saturated heterocycles. The molecule has 0 aromatic heterocycles. The first kappa shape index (κ1) is 17.3. The number of halogens is 4. The number of hydrogen-bond donors (Lipinski definition) is 2. The number of anilines is 1. The van der Waals surface area contributed by atoms with Crippen molar-refractivity contribution in [3.05, 3.63) is 28.8 Å². The minimum absolute atomic E-state index is 0.0142. The molecule has 21 heavy (non-hydrogen) atoms. The standard InChI is InChI=1S/C12H12ClF3N2O3/c1-2-21-11(20)8(17)10(19)18-9-6(12(14,15)16)4-3-5-7(9)13/h3-5,8H,2,17H2,1H3,(H,18,19). The van der Waals surface area contributed by atoms with Crippen LogP contribution in [0.3, 0.4) is 0 Å². The number of ether oxygens (including phenoxy) is 1. The zero-order valence-corrected chi connectivity index (χ0v) is 11.6. The molecule has 0 aliphatic heterocycles. The smallest absolute Gasteiger partial charge is 0.418 e. The van der Waals surface area contributed by atoms with Gasteiger partial charge in [0.2, 0.25) is 0 Å². The Labute approximate surface area is 123 Å². The maximum Gasteiger partial charge on any atom is 0.418 e. The van der Waals surface area contributed by atoms with E-state index >= 15 is 0 Å². The summed E-state index contributed by atoms with van der Waals surface area (Å²) >= 11 is 5.65. The number of nitrogens with two attached hydrogens (primary N) is 1. The molecule has 1 aromatic rings. The zero-order chi connectivity index (χ0) is 16.2. The lowest BCUT2D eigenvalue weighted by Crippen LogP contribution is -2.43. The van der Waals surface area contributed by atoms with Crippen molar-refractivity contribution >= 4 is 29.2 Å². The third kappa shape index (κ3) is 4.33. The van der Waals surface area contributed by atoms with Crippen molar-refractivity contribution in [2.75, 3.05) is 11.9 Å². The van der Waals surface area contributed by atoms with Gasteiger partial charge in [-0.25, -0.2) is 4.79 Å². The van der Waals surface area contributed by atoms with E-state index in [1.165, 1.54) is 13.0 Å². The fraction of sp³-hybridized carbons (Fsp3) is 0.333. The highest BCUT2D eigenvalue weighted by Crippen LogP contribution is 2.38. The predicted molar refractivity (Wildman–Crippen MR) is 69.7 cm³/mol. The Morgan fingerprint density at radius 2 is 2.05 bits per heavy atom. The van der Waals surface area contributed by atoms with Gasteiger partial charge in [-0.3, -0.25) is 4.79 Å². The molecule has 1 amide bonds. The number of alkyl halides is 3. The van der Waals surface area contributed by atoms with Gasteiger partial charge in [-0.05, 0) is 19.1 Å². The lowest BCUT2D eigenvalue weighted by molar-refractivity contribution is -0.146. The average molecular weight is 325 g/mol. The number of carbonyl (C=O) groups is 2. The topological polar surface area (TPSA) is 81.4 Å². The molecular weight excluding hydrogens is 313 g/mol. The molecule has 1 atom stereocenters. The van der Waals surface area contributed by atoms with Crippen molar-refractivity contribution in [1.82, 2.24) is 0 Å². The summed E-state index contributed by atoms with van der Waals surface area (Å²) in [6, 6.07) is 1.26. The van der Waals surface area contributed by atoms with Crippen LogP contribution in [0.2, 0.25) is 5.02 Å². The highest BCUT2D eigenvalue weighted by atomic mass is 35.5. The second-order valence-corrected chi connectivity index (χ2v) is 4.29. The van der Waals surface area contributed by atoms with Crippen molar-refractivity contribution < 1.29 is 27.5 Å². The minimum Gasteiger partial charge on any atom is -0.464 e. The molecule has 0 spiro atoms. The lowest BCUT2D eigenvalue weighted by Gasteiger charge is -2.16. The number of para-hydroxylation sites is 1. The van der Waals surface area contributed by atoms with Crippen LogP contribution in [0, 0.1) is 0 Å². The van der Waals surface area contributed by atoms with Gasteiger partial charge in [0.25, 0.3) is 5.91 Å². The molecule has 0 heterocycles. The first-order valence-electron chi connectivity index (χ1n) is 5.77. The van der Waals surface area contributed by atoms with Gasteiger partial charge in [-0.2, -0.15) is 13.2 Å². The molecule has 0 aliphatic carbocycles. The van der Waals surface area contributed by atoms with E-state index in [2.05, 4.69) is 4.74 Å². The Balaban J connectivity index is 3.03. The SMILES string of the molecule is CCOC(=O)C(N)C(=O)Nc1c(Cl)cccc1C(F)(F)F. The predicted octanol–water partition coefficient (Wildman–Crippen LogP) is 2.19. The van der Waals surface area contributed by atoms with Crippen LogP contribution in [0.15, 0.2) is 18.2 Å². The molecule has 0 radical (unpaired) electrons. The van der Waals surface area contributed by atoms with Crippen LogP contribution in [0.1, 0.15) is 12.5 Å². The Kier molecular flexibility index (Phi) is 5.56. The minimum atomic E-state index is -4.72. The van der Waals surface area contributed by atoms with E-state index in [0.717, 1.165) is 12.1 Å². The molecule has 1 unspecified atom stereocenters. The van der Waals surface area contributed by atoms with Crippen LogP contribution in [0.25, 0.3) is 0 Å². The first-order chi connectivity index (χ1) is 9.68. The van der Waals surface area contributed by atoms with Gasteiger partial charge in [0.05, 0.1) is 22.9 Å². The van der Waals surface area contributed by atoms with Crippen molar-refractivity contribution in [1.29, 1.82) is 0 Å². The number of esters is 1. The second kappa shape index (κ2) is 6.77. The molecule has 1 rings (SSSR count). The highest BCUT2D eigenvalue weighted by molar-refractivity contribution is 6.34. The van der Waals surface area contributed by atoms with E-state index < -0.39 is 35.3 Å². The maximum absolute atomic E-state index is 12.8. The summed E-state index contributed by atoms with van der Waals surface area (Å²) in [5, 5.41) is 1.58. The van der Waals surface area contributed by atoms with Crippen molar-refractivity contribution in [2.24, 2.45) is 5.73 Å². The Hall–Kier alpha value is -1.80. The highest BCUT2D eigenvalue weighted by Gasteiger charge is 2.35. The molecule has 0 aliphatic rings. The van der Waals surface area contributed by atoms with Crippen LogP contribution < -0.4 is 11.1 Å². The summed E-state index contributed by atoms with van der Waals surface area (Å²) in [6.07, 6.45) is -4.72. The fourth-order valence-electron chi connectivity index (χ4n) is 1.43. The molecule has 0 bridgehead atoms. The van der Waals surface area contributed by atoms with Gasteiger partial charge < -0.3 is 15.8 Å². The summed E-state index contributed by atoms with van der Waals surface area (Å²) in [6.45, 7) is 1.48. The van der Waals surface area contributed by atoms with E-state index in [0.29, 0.717) is 0 Å². The average Bonchev–Trinajstić information content (AvgIpc) is 2.39. The number of benzene rings is 1. The monoisotopic (exact) mass is 324 g/mol. The maximum atomic E-state index is 12.8. The number of rotatable bonds is 4. The third-order valence-electron chi connectivity index (χ3n) is 2.39. The summed E-state index contributed by atoms with van der Waals surface area (Å²) in [5.41, 5.74) is 3.50. The van der Waals surface area contributed by atoms with Gasteiger partial charge in [0.1, 0.15) is 0 Å². The van der Waals surface area contributed by atoms with Crippen molar-refractivity contribution in [3.8, 4) is 0 Å². The summed E-state index contributed by atoms with van der Waals surface area (Å²) in [5.74, 6) is -2.19. The Morgan fingerprint density at radius 3 is 2.57 bits per heavy atom. The van der Waals surface area contributed by atoms with Crippen LogP contribution in [0.4, 0.5) is 18.9 Å². The van der Waals surface area contributed by atoms with Crippen LogP contribution in [0.5, 0.6) is 0 Å². The molecule has 0 fully saturated rings. The van der Waals surface area contributed by atoms with Gasteiger partial charge in [0.15, 0.2) is 6.04 Å². The van der Waals surface area contributed by atoms with Gasteiger partial charge >= 0.3 is 12.1 Å². The Bertz CT molecular complexity index is 549. The van der Waals surface area contributed by atoms with Crippen molar-refractivity contribution in [2.45, 2.75) is 19.1 Å². The summed E-state index contributed by atoms with van der Waals surface area (Å²) in [4.78, 5) is 23.0. The summed E-state index contributed by atoms with van der Waals surface area (Å²) < 4.78 is 43.0. The lowest BCUT2D eigenvalue weighted by atomic mass is 10.1. The van der Waals surface area contributed by atoms with Crippen LogP contribution >= 0.6 is 11.6 Å². The third-order valence-corrected chi connectivity index (χ3v) is 2.71. The van der Waals surface area contributed by atoms with E-state index in [4.69, 9.17) is 17.3 Å². The zero-order valence-electron chi connectivity index (χ0n) is 10.8. The van der Waals surface area contributed by atoms with E-state index in [9.17, 15) is 22.8 Å². The quantitative estimate of drug-likeness (QED) is 0.657. The Morgan fingerprint density at radius 1 is 1.43 bits per heavy atom. The molecule has 0 saturated carbocycles. The van der Waals surface area contributed by atoms with Gasteiger partial charge in [0, 0.05) is 0 Å². The molecule has 9 heteroatoms. The van der Waals surface area contributed by atoms with E-state index in [-0.39, 0.29) is 11.6 Å². The fourth-order valence-corrected chi connectivity index (χ4v) is 1.65. The normalized spacial score (nSPS) is 12.7. The molecule has 116 valence electrons. The number of hydrogen-bond acceptors (Lipinski definition) is 4. The van der Waals surface area contributed by atoms with Gasteiger partial charge in [-0.15, -0.1) is 0 Å². The molecule has 1 aromatic carbocycles. The molecular formula is C12H12ClF3N2O3. The number of carbonyl (C=O) groups excluding carboxylic acids is 2. The van der Waals surface area contributed by atoms with Crippen LogP contribution in [-0.2, 0) is 20.5 Å². The molecule has 5 nitrogen and oxygen atoms in total. The summed E-state index contributed by atoms with van der Waals surface area (Å²) in [7, 11) is 0. The largest absolute Gasteiger partial charge is 0.464 e. The van der Waals surface area contributed by atoms with Crippen molar-refractivity contribution in [3.63, 3.8) is 0 Å². The van der Waals surface area contributed by atoms with Crippen LogP contribution in [-0.4, -0.2) is 24.5 Å². The second-order valence-electron chi connectivity index (χ2n) is 3.88. The van der Waals surface area contributed by atoms with E-state index in [1.807, 2.05) is 5.32 Å². The van der Waals surface area contributed by atoms with E-state index in [1.54, 1.807) is 0 Å². The number of amides is 1. The number of nitrogens with one attached hydrogen (secondary N) is 1. The first-order valence-corrected chi connectivity index (χ1v) is 6.15. The van der Waals surface area contributed by atoms with Gasteiger partial charge in [-0.1, -0.05) is 17.7 Å². The molecule has 3 N–H and O–H groups in total.